The van der Waals surface area contributed by atoms with E-state index in [1.165, 1.54) is 29.2 Å². The second-order valence-electron chi connectivity index (χ2n) is 5.78. The maximum absolute atomic E-state index is 13.8. The Kier molecular flexibility index (Phi) is 5.01. The number of rotatable bonds is 3. The Hall–Kier alpha value is -2.39. The minimum absolute atomic E-state index is 0.0217. The highest BCUT2D eigenvalue weighted by Gasteiger charge is 2.32. The van der Waals surface area contributed by atoms with E-state index in [0.29, 0.717) is 11.6 Å². The molecular formula is C17H15F3N2O3S. The molecule has 1 amide bonds. The standard InChI is InChI=1S/C17H15F3N2O3S/c18-13-3-1-12(2-4-13)17(23)21-7-9-22(10-8-21)26(24,25)16-6-5-14(19)11-15(16)20/h1-6,11H,7-10H2. The molecule has 0 aromatic heterocycles. The van der Waals surface area contributed by atoms with Crippen molar-refractivity contribution in [1.82, 2.24) is 9.21 Å². The predicted octanol–water partition coefficient (Wildman–Crippen LogP) is 2.25. The van der Waals surface area contributed by atoms with Crippen LogP contribution < -0.4 is 0 Å². The molecule has 3 rings (SSSR count). The van der Waals surface area contributed by atoms with E-state index in [0.717, 1.165) is 16.4 Å². The number of hydrogen-bond acceptors (Lipinski definition) is 3. The molecule has 5 nitrogen and oxygen atoms in total. The summed E-state index contributed by atoms with van der Waals surface area (Å²) in [7, 11) is -4.12. The highest BCUT2D eigenvalue weighted by Crippen LogP contribution is 2.22. The lowest BCUT2D eigenvalue weighted by atomic mass is 10.2. The van der Waals surface area contributed by atoms with E-state index < -0.39 is 32.4 Å². The Balaban J connectivity index is 1.71. The molecule has 0 bridgehead atoms. The van der Waals surface area contributed by atoms with Gasteiger partial charge >= 0.3 is 0 Å². The van der Waals surface area contributed by atoms with Crippen LogP contribution in [-0.2, 0) is 10.0 Å². The molecule has 0 atom stereocenters. The first kappa shape index (κ1) is 18.4. The van der Waals surface area contributed by atoms with Crippen LogP contribution in [-0.4, -0.2) is 49.7 Å². The zero-order valence-electron chi connectivity index (χ0n) is 13.5. The first-order chi connectivity index (χ1) is 12.3. The van der Waals surface area contributed by atoms with E-state index in [-0.39, 0.29) is 32.1 Å². The number of amides is 1. The molecule has 0 radical (unpaired) electrons. The third-order valence-electron chi connectivity index (χ3n) is 4.13. The largest absolute Gasteiger partial charge is 0.336 e. The Labute approximate surface area is 148 Å². The smallest absolute Gasteiger partial charge is 0.253 e. The van der Waals surface area contributed by atoms with Gasteiger partial charge in [-0.15, -0.1) is 0 Å². The number of halogens is 3. The van der Waals surface area contributed by atoms with Gasteiger partial charge in [-0.25, -0.2) is 21.6 Å². The molecule has 1 saturated heterocycles. The molecule has 1 heterocycles. The average Bonchev–Trinajstić information content (AvgIpc) is 2.61. The second kappa shape index (κ2) is 7.08. The Morgan fingerprint density at radius 3 is 2.00 bits per heavy atom. The summed E-state index contributed by atoms with van der Waals surface area (Å²) in [5.74, 6) is -2.82. The Bertz CT molecular complexity index is 925. The zero-order valence-corrected chi connectivity index (χ0v) is 14.3. The highest BCUT2D eigenvalue weighted by atomic mass is 32.2. The molecule has 2 aromatic rings. The summed E-state index contributed by atoms with van der Waals surface area (Å²) in [4.78, 5) is 13.2. The number of sulfonamides is 1. The van der Waals surface area contributed by atoms with E-state index in [2.05, 4.69) is 0 Å². The molecule has 0 spiro atoms. The molecule has 1 aliphatic rings. The highest BCUT2D eigenvalue weighted by molar-refractivity contribution is 7.89. The van der Waals surface area contributed by atoms with Crippen molar-refractivity contribution in [2.45, 2.75) is 4.90 Å². The van der Waals surface area contributed by atoms with Gasteiger partial charge in [-0.2, -0.15) is 4.31 Å². The van der Waals surface area contributed by atoms with E-state index >= 15 is 0 Å². The fraction of sp³-hybridized carbons (Fsp3) is 0.235. The molecule has 2 aromatic carbocycles. The van der Waals surface area contributed by atoms with E-state index in [1.54, 1.807) is 0 Å². The molecule has 138 valence electrons. The van der Waals surface area contributed by atoms with E-state index in [1.807, 2.05) is 0 Å². The molecule has 1 aliphatic heterocycles. The van der Waals surface area contributed by atoms with Crippen molar-refractivity contribution in [3.05, 3.63) is 65.5 Å². The van der Waals surface area contributed by atoms with E-state index in [4.69, 9.17) is 0 Å². The van der Waals surface area contributed by atoms with Crippen molar-refractivity contribution in [2.75, 3.05) is 26.2 Å². The number of carbonyl (C=O) groups excluding carboxylic acids is 1. The lowest BCUT2D eigenvalue weighted by molar-refractivity contribution is 0.0697. The number of benzene rings is 2. The maximum Gasteiger partial charge on any atom is 0.253 e. The van der Waals surface area contributed by atoms with Crippen LogP contribution in [0.2, 0.25) is 0 Å². The number of nitrogens with zero attached hydrogens (tertiary/aromatic N) is 2. The Morgan fingerprint density at radius 2 is 1.42 bits per heavy atom. The minimum Gasteiger partial charge on any atom is -0.336 e. The van der Waals surface area contributed by atoms with Crippen molar-refractivity contribution in [1.29, 1.82) is 0 Å². The van der Waals surface area contributed by atoms with Gasteiger partial charge in [0.1, 0.15) is 22.3 Å². The fourth-order valence-electron chi connectivity index (χ4n) is 2.73. The van der Waals surface area contributed by atoms with Crippen molar-refractivity contribution in [2.24, 2.45) is 0 Å². The molecule has 1 fully saturated rings. The molecule has 0 aliphatic carbocycles. The summed E-state index contributed by atoms with van der Waals surface area (Å²) >= 11 is 0. The second-order valence-corrected chi connectivity index (χ2v) is 7.68. The van der Waals surface area contributed by atoms with Crippen molar-refractivity contribution < 1.29 is 26.4 Å². The first-order valence-corrected chi connectivity index (χ1v) is 9.23. The lowest BCUT2D eigenvalue weighted by Gasteiger charge is -2.34. The van der Waals surface area contributed by atoms with Gasteiger partial charge in [-0.3, -0.25) is 4.79 Å². The summed E-state index contributed by atoms with van der Waals surface area (Å²) < 4.78 is 65.8. The van der Waals surface area contributed by atoms with Crippen LogP contribution in [0.25, 0.3) is 0 Å². The summed E-state index contributed by atoms with van der Waals surface area (Å²) in [6.07, 6.45) is 0. The third kappa shape index (κ3) is 3.58. The lowest BCUT2D eigenvalue weighted by Crippen LogP contribution is -2.50. The van der Waals surface area contributed by atoms with Crippen LogP contribution in [0.3, 0.4) is 0 Å². The van der Waals surface area contributed by atoms with Gasteiger partial charge < -0.3 is 4.90 Å². The van der Waals surface area contributed by atoms with E-state index in [9.17, 15) is 26.4 Å². The number of carbonyl (C=O) groups is 1. The van der Waals surface area contributed by atoms with Gasteiger partial charge in [0, 0.05) is 37.8 Å². The maximum atomic E-state index is 13.8. The fourth-order valence-corrected chi connectivity index (χ4v) is 4.20. The molecule has 0 N–H and O–H groups in total. The minimum atomic E-state index is -4.12. The topological polar surface area (TPSA) is 57.7 Å². The normalized spacial score (nSPS) is 15.9. The monoisotopic (exact) mass is 384 g/mol. The summed E-state index contributed by atoms with van der Waals surface area (Å²) in [5.41, 5.74) is 0.298. The van der Waals surface area contributed by atoms with Gasteiger partial charge in [0.05, 0.1) is 0 Å². The van der Waals surface area contributed by atoms with Crippen LogP contribution in [0.4, 0.5) is 13.2 Å². The zero-order chi connectivity index (χ0) is 18.9. The molecular weight excluding hydrogens is 369 g/mol. The first-order valence-electron chi connectivity index (χ1n) is 7.79. The predicted molar refractivity (Wildman–Crippen MR) is 87.4 cm³/mol. The van der Waals surface area contributed by atoms with Crippen LogP contribution in [0.1, 0.15) is 10.4 Å². The summed E-state index contributed by atoms with van der Waals surface area (Å²) in [5, 5.41) is 0. The van der Waals surface area contributed by atoms with Gasteiger partial charge in [0.2, 0.25) is 10.0 Å². The summed E-state index contributed by atoms with van der Waals surface area (Å²) in [6, 6.07) is 7.33. The Morgan fingerprint density at radius 1 is 0.846 bits per heavy atom. The molecule has 26 heavy (non-hydrogen) atoms. The van der Waals surface area contributed by atoms with Crippen molar-refractivity contribution in [3.63, 3.8) is 0 Å². The van der Waals surface area contributed by atoms with Gasteiger partial charge in [-0.1, -0.05) is 0 Å². The van der Waals surface area contributed by atoms with Gasteiger partial charge in [0.25, 0.3) is 5.91 Å². The average molecular weight is 384 g/mol. The van der Waals surface area contributed by atoms with Gasteiger partial charge in [-0.05, 0) is 36.4 Å². The van der Waals surface area contributed by atoms with Crippen LogP contribution in [0, 0.1) is 17.5 Å². The van der Waals surface area contributed by atoms with Crippen molar-refractivity contribution in [3.8, 4) is 0 Å². The quantitative estimate of drug-likeness (QED) is 0.816. The third-order valence-corrected chi connectivity index (χ3v) is 6.06. The SMILES string of the molecule is O=C(c1ccc(F)cc1)N1CCN(S(=O)(=O)c2ccc(F)cc2F)CC1. The van der Waals surface area contributed by atoms with Crippen molar-refractivity contribution >= 4 is 15.9 Å². The van der Waals surface area contributed by atoms with Gasteiger partial charge in [0.15, 0.2) is 0 Å². The van der Waals surface area contributed by atoms with Crippen LogP contribution in [0.5, 0.6) is 0 Å². The van der Waals surface area contributed by atoms with Crippen LogP contribution in [0.15, 0.2) is 47.4 Å². The number of piperazine rings is 1. The molecule has 9 heteroatoms. The summed E-state index contributed by atoms with van der Waals surface area (Å²) in [6.45, 7) is 0.175. The molecule has 0 saturated carbocycles. The molecule has 0 unspecified atom stereocenters. The van der Waals surface area contributed by atoms with Crippen LogP contribution >= 0.6 is 0 Å². The number of hydrogen-bond donors (Lipinski definition) is 0.